The summed E-state index contributed by atoms with van der Waals surface area (Å²) >= 11 is 3.20. The number of aliphatic hydroxyl groups is 1. The molecule has 2 N–H and O–H groups in total. The lowest BCUT2D eigenvalue weighted by atomic mass is 10.0. The van der Waals surface area contributed by atoms with Crippen molar-refractivity contribution in [3.8, 4) is 5.75 Å². The zero-order valence-electron chi connectivity index (χ0n) is 10.2. The average Bonchev–Trinajstić information content (AvgIpc) is 2.33. The molecular formula is C12H12BrF3O4. The van der Waals surface area contributed by atoms with Crippen molar-refractivity contribution >= 4 is 21.9 Å². The van der Waals surface area contributed by atoms with Gasteiger partial charge in [0.05, 0.1) is 0 Å². The van der Waals surface area contributed by atoms with E-state index in [1.165, 1.54) is 6.07 Å². The molecule has 1 atom stereocenters. The molecule has 0 saturated heterocycles. The highest BCUT2D eigenvalue weighted by Crippen LogP contribution is 2.32. The highest BCUT2D eigenvalue weighted by molar-refractivity contribution is 9.09. The second-order valence-corrected chi connectivity index (χ2v) is 4.75. The van der Waals surface area contributed by atoms with Crippen LogP contribution in [0.3, 0.4) is 0 Å². The van der Waals surface area contributed by atoms with Crippen LogP contribution in [0.1, 0.15) is 23.7 Å². The fourth-order valence-electron chi connectivity index (χ4n) is 1.58. The summed E-state index contributed by atoms with van der Waals surface area (Å²) in [6.45, 7) is 0. The predicted octanol–water partition coefficient (Wildman–Crippen LogP) is 3.03. The molecule has 0 aromatic heterocycles. The molecule has 112 valence electrons. The van der Waals surface area contributed by atoms with E-state index in [0.717, 1.165) is 12.1 Å². The first-order valence-corrected chi connectivity index (χ1v) is 6.72. The number of hydrogen-bond donors (Lipinski definition) is 2. The molecule has 1 rings (SSSR count). The number of halogens is 4. The van der Waals surface area contributed by atoms with Gasteiger partial charge in [0.1, 0.15) is 5.75 Å². The molecule has 4 nitrogen and oxygen atoms in total. The van der Waals surface area contributed by atoms with Crippen LogP contribution in [-0.2, 0) is 11.2 Å². The Morgan fingerprint density at radius 1 is 1.40 bits per heavy atom. The topological polar surface area (TPSA) is 66.8 Å². The molecule has 0 aliphatic carbocycles. The quantitative estimate of drug-likeness (QED) is 0.769. The van der Waals surface area contributed by atoms with Gasteiger partial charge in [0.15, 0.2) is 6.10 Å². The van der Waals surface area contributed by atoms with Crippen LogP contribution in [0.2, 0.25) is 0 Å². The van der Waals surface area contributed by atoms with E-state index in [-0.39, 0.29) is 0 Å². The first-order valence-electron chi connectivity index (χ1n) is 5.60. The van der Waals surface area contributed by atoms with Crippen LogP contribution in [0.4, 0.5) is 13.2 Å². The van der Waals surface area contributed by atoms with E-state index in [4.69, 9.17) is 5.11 Å². The normalized spacial score (nSPS) is 13.1. The van der Waals surface area contributed by atoms with E-state index in [1.807, 2.05) is 0 Å². The lowest BCUT2D eigenvalue weighted by Crippen LogP contribution is -2.20. The number of aliphatic carboxylic acids is 1. The minimum absolute atomic E-state index is 0.433. The van der Waals surface area contributed by atoms with Crippen molar-refractivity contribution in [1.29, 1.82) is 0 Å². The van der Waals surface area contributed by atoms with Crippen molar-refractivity contribution in [2.24, 2.45) is 0 Å². The second-order valence-electron chi connectivity index (χ2n) is 3.95. The number of carbonyl (C=O) groups is 1. The maximum atomic E-state index is 12.3. The molecule has 0 aliphatic rings. The number of hydrogen-bond acceptors (Lipinski definition) is 3. The summed E-state index contributed by atoms with van der Waals surface area (Å²) in [5.74, 6) is -2.34. The maximum Gasteiger partial charge on any atom is 0.573 e. The highest BCUT2D eigenvalue weighted by atomic mass is 79.9. The van der Waals surface area contributed by atoms with Crippen molar-refractivity contribution in [2.75, 3.05) is 5.33 Å². The van der Waals surface area contributed by atoms with Gasteiger partial charge in [-0.1, -0.05) is 28.1 Å². The Hall–Kier alpha value is -1.28. The molecule has 0 amide bonds. The smallest absolute Gasteiger partial charge is 0.479 e. The van der Waals surface area contributed by atoms with Gasteiger partial charge in [-0.3, -0.25) is 0 Å². The van der Waals surface area contributed by atoms with Crippen LogP contribution in [0.25, 0.3) is 0 Å². The van der Waals surface area contributed by atoms with Crippen LogP contribution in [0.15, 0.2) is 18.2 Å². The van der Waals surface area contributed by atoms with E-state index in [2.05, 4.69) is 20.7 Å². The number of carboxylic acid groups (broad SMARTS) is 1. The first-order chi connectivity index (χ1) is 9.24. The fourth-order valence-corrected chi connectivity index (χ4v) is 1.86. The summed E-state index contributed by atoms with van der Waals surface area (Å²) in [6, 6.07) is 3.69. The van der Waals surface area contributed by atoms with Gasteiger partial charge >= 0.3 is 12.3 Å². The van der Waals surface area contributed by atoms with Crippen molar-refractivity contribution in [1.82, 2.24) is 0 Å². The molecule has 0 bridgehead atoms. The number of ether oxygens (including phenoxy) is 1. The Morgan fingerprint density at radius 2 is 2.05 bits per heavy atom. The molecule has 0 saturated carbocycles. The minimum atomic E-state index is -4.96. The third-order valence-electron chi connectivity index (χ3n) is 2.43. The lowest BCUT2D eigenvalue weighted by molar-refractivity contribution is -0.275. The van der Waals surface area contributed by atoms with Gasteiger partial charge in [-0.15, -0.1) is 13.2 Å². The van der Waals surface area contributed by atoms with Crippen molar-refractivity contribution < 1.29 is 32.9 Å². The fraction of sp³-hybridized carbons (Fsp3) is 0.417. The monoisotopic (exact) mass is 356 g/mol. The van der Waals surface area contributed by atoms with E-state index in [9.17, 15) is 23.1 Å². The number of alkyl halides is 4. The van der Waals surface area contributed by atoms with Gasteiger partial charge in [0.25, 0.3) is 0 Å². The van der Waals surface area contributed by atoms with Crippen LogP contribution in [-0.4, -0.2) is 27.9 Å². The molecule has 0 aliphatic heterocycles. The molecule has 20 heavy (non-hydrogen) atoms. The molecule has 1 unspecified atom stereocenters. The number of aliphatic hydroxyl groups excluding tert-OH is 1. The maximum absolute atomic E-state index is 12.3. The first kappa shape index (κ1) is 16.8. The van der Waals surface area contributed by atoms with Crippen LogP contribution in [0.5, 0.6) is 5.75 Å². The summed E-state index contributed by atoms with van der Waals surface area (Å²) in [6.07, 6.45) is -5.83. The summed E-state index contributed by atoms with van der Waals surface area (Å²) in [5.41, 5.74) is 0.127. The standard InChI is InChI=1S/C12H12BrF3O4/c13-5-1-2-7-3-4-8(10(17)11(18)19)9(6-7)20-12(14,15)16/h3-4,6,10,17H,1-2,5H2,(H,18,19). The molecule has 0 heterocycles. The summed E-state index contributed by atoms with van der Waals surface area (Å²) in [4.78, 5) is 10.7. The average molecular weight is 357 g/mol. The Balaban J connectivity index is 3.12. The molecule has 0 fully saturated rings. The van der Waals surface area contributed by atoms with E-state index in [1.54, 1.807) is 0 Å². The third-order valence-corrected chi connectivity index (χ3v) is 2.99. The summed E-state index contributed by atoms with van der Waals surface area (Å²) in [7, 11) is 0. The summed E-state index contributed by atoms with van der Waals surface area (Å²) in [5, 5.41) is 18.7. The summed E-state index contributed by atoms with van der Waals surface area (Å²) < 4.78 is 40.7. The van der Waals surface area contributed by atoms with Gasteiger partial charge in [-0.2, -0.15) is 0 Å². The van der Waals surface area contributed by atoms with E-state index < -0.39 is 29.7 Å². The molecular weight excluding hydrogens is 345 g/mol. The Labute approximate surface area is 121 Å². The molecule has 0 spiro atoms. The van der Waals surface area contributed by atoms with Crippen molar-refractivity contribution in [3.63, 3.8) is 0 Å². The van der Waals surface area contributed by atoms with E-state index >= 15 is 0 Å². The van der Waals surface area contributed by atoms with Crippen LogP contribution >= 0.6 is 15.9 Å². The zero-order chi connectivity index (χ0) is 15.3. The highest BCUT2D eigenvalue weighted by Gasteiger charge is 2.34. The third kappa shape index (κ3) is 5.01. The van der Waals surface area contributed by atoms with Gasteiger partial charge in [-0.25, -0.2) is 4.79 Å². The lowest BCUT2D eigenvalue weighted by Gasteiger charge is -2.16. The zero-order valence-corrected chi connectivity index (χ0v) is 11.7. The van der Waals surface area contributed by atoms with Gasteiger partial charge in [0, 0.05) is 10.9 Å². The van der Waals surface area contributed by atoms with Gasteiger partial charge in [0.2, 0.25) is 0 Å². The Kier molecular flexibility index (Phi) is 5.82. The van der Waals surface area contributed by atoms with Crippen molar-refractivity contribution in [3.05, 3.63) is 29.3 Å². The number of rotatable bonds is 6. The van der Waals surface area contributed by atoms with Gasteiger partial charge in [-0.05, 0) is 24.5 Å². The van der Waals surface area contributed by atoms with Crippen molar-refractivity contribution in [2.45, 2.75) is 25.3 Å². The second kappa shape index (κ2) is 6.94. The largest absolute Gasteiger partial charge is 0.573 e. The molecule has 1 aromatic carbocycles. The van der Waals surface area contributed by atoms with Crippen LogP contribution < -0.4 is 4.74 Å². The van der Waals surface area contributed by atoms with E-state index in [0.29, 0.717) is 23.7 Å². The number of aryl methyl sites for hydroxylation is 1. The molecule has 0 radical (unpaired) electrons. The molecule has 1 aromatic rings. The number of carboxylic acids is 1. The van der Waals surface area contributed by atoms with Gasteiger partial charge < -0.3 is 14.9 Å². The number of benzene rings is 1. The van der Waals surface area contributed by atoms with Crippen LogP contribution in [0, 0.1) is 0 Å². The molecule has 8 heteroatoms. The Morgan fingerprint density at radius 3 is 2.55 bits per heavy atom. The predicted molar refractivity (Wildman–Crippen MR) is 67.8 cm³/mol. The SMILES string of the molecule is O=C(O)C(O)c1ccc(CCCBr)cc1OC(F)(F)F. The Bertz CT molecular complexity index is 476. The minimum Gasteiger partial charge on any atom is -0.479 e.